The summed E-state index contributed by atoms with van der Waals surface area (Å²) < 4.78 is 54.7. The Bertz CT molecular complexity index is 1450. The predicted octanol–water partition coefficient (Wildman–Crippen LogP) is 4.77. The number of halogens is 2. The van der Waals surface area contributed by atoms with Crippen LogP contribution in [0.15, 0.2) is 53.7 Å². The van der Waals surface area contributed by atoms with Crippen LogP contribution in [0.25, 0.3) is 10.2 Å². The van der Waals surface area contributed by atoms with Gasteiger partial charge in [0, 0.05) is 29.7 Å². The highest BCUT2D eigenvalue weighted by atomic mass is 32.2. The van der Waals surface area contributed by atoms with Crippen molar-refractivity contribution in [3.05, 3.63) is 76.4 Å². The molecule has 5 rings (SSSR count). The topological polar surface area (TPSA) is 75.2 Å². The molecule has 1 aliphatic rings. The zero-order valence-electron chi connectivity index (χ0n) is 17.0. The summed E-state index contributed by atoms with van der Waals surface area (Å²) in [7, 11) is -4.11. The van der Waals surface area contributed by atoms with E-state index in [1.165, 1.54) is 22.0 Å². The number of hydrogen-bond acceptors (Lipinski definition) is 6. The Balaban J connectivity index is 1.50. The number of hydrogen-bond donors (Lipinski definition) is 1. The van der Waals surface area contributed by atoms with Gasteiger partial charge in [0.25, 0.3) is 0 Å². The average Bonchev–Trinajstić information content (AvgIpc) is 3.12. The van der Waals surface area contributed by atoms with Crippen LogP contribution in [0.1, 0.15) is 16.0 Å². The minimum atomic E-state index is -4.11. The van der Waals surface area contributed by atoms with Crippen molar-refractivity contribution in [3.63, 3.8) is 0 Å². The lowest BCUT2D eigenvalue weighted by Crippen LogP contribution is -2.35. The average molecular weight is 473 g/mol. The number of anilines is 2. The SMILES string of the molecule is Cc1cccc(Nc2ncnc3sc4c(c23)CCN(S(=O)(=O)c2ccc(F)cc2F)C4)c1. The third-order valence-corrected chi connectivity index (χ3v) is 8.40. The Labute approximate surface area is 187 Å². The van der Waals surface area contributed by atoms with E-state index in [4.69, 9.17) is 0 Å². The van der Waals surface area contributed by atoms with Crippen LogP contribution in [0.2, 0.25) is 0 Å². The fourth-order valence-corrected chi connectivity index (χ4v) is 6.63. The van der Waals surface area contributed by atoms with Crippen LogP contribution in [0, 0.1) is 18.6 Å². The van der Waals surface area contributed by atoms with Gasteiger partial charge in [0.1, 0.15) is 33.5 Å². The quantitative estimate of drug-likeness (QED) is 0.463. The molecule has 164 valence electrons. The van der Waals surface area contributed by atoms with Gasteiger partial charge in [-0.05, 0) is 48.7 Å². The second-order valence-corrected chi connectivity index (χ2v) is 10.6. The summed E-state index contributed by atoms with van der Waals surface area (Å²) in [5, 5.41) is 4.22. The minimum absolute atomic E-state index is 0.0966. The second-order valence-electron chi connectivity index (χ2n) is 7.56. The van der Waals surface area contributed by atoms with Crippen LogP contribution in [0.5, 0.6) is 0 Å². The molecule has 0 unspecified atom stereocenters. The normalized spacial score (nSPS) is 14.5. The van der Waals surface area contributed by atoms with Crippen LogP contribution >= 0.6 is 11.3 Å². The summed E-state index contributed by atoms with van der Waals surface area (Å²) in [4.78, 5) is 9.86. The van der Waals surface area contributed by atoms with Gasteiger partial charge in [-0.25, -0.2) is 27.2 Å². The zero-order chi connectivity index (χ0) is 22.5. The van der Waals surface area contributed by atoms with Crippen LogP contribution < -0.4 is 5.32 Å². The Morgan fingerprint density at radius 2 is 1.97 bits per heavy atom. The van der Waals surface area contributed by atoms with Crippen molar-refractivity contribution in [2.45, 2.75) is 24.8 Å². The fourth-order valence-electron chi connectivity index (χ4n) is 3.89. The fraction of sp³-hybridized carbons (Fsp3) is 0.182. The molecule has 4 aromatic rings. The van der Waals surface area contributed by atoms with E-state index in [1.54, 1.807) is 0 Å². The van der Waals surface area contributed by atoms with Gasteiger partial charge >= 0.3 is 0 Å². The maximum atomic E-state index is 14.2. The minimum Gasteiger partial charge on any atom is -0.340 e. The van der Waals surface area contributed by atoms with Gasteiger partial charge in [0.05, 0.1) is 5.39 Å². The first-order valence-electron chi connectivity index (χ1n) is 9.87. The van der Waals surface area contributed by atoms with Gasteiger partial charge in [0.2, 0.25) is 10.0 Å². The first kappa shape index (κ1) is 20.9. The Morgan fingerprint density at radius 1 is 1.12 bits per heavy atom. The third kappa shape index (κ3) is 3.64. The van der Waals surface area contributed by atoms with Gasteiger partial charge in [-0.1, -0.05) is 12.1 Å². The molecule has 3 heterocycles. The highest BCUT2D eigenvalue weighted by Gasteiger charge is 2.33. The maximum Gasteiger partial charge on any atom is 0.246 e. The molecule has 0 bridgehead atoms. The lowest BCUT2D eigenvalue weighted by molar-refractivity contribution is 0.393. The largest absolute Gasteiger partial charge is 0.340 e. The molecule has 32 heavy (non-hydrogen) atoms. The van der Waals surface area contributed by atoms with Gasteiger partial charge < -0.3 is 5.32 Å². The van der Waals surface area contributed by atoms with Crippen LogP contribution in [0.3, 0.4) is 0 Å². The molecule has 0 radical (unpaired) electrons. The number of aromatic nitrogens is 2. The first-order valence-corrected chi connectivity index (χ1v) is 12.1. The van der Waals surface area contributed by atoms with Gasteiger partial charge in [-0.15, -0.1) is 11.3 Å². The van der Waals surface area contributed by atoms with Crippen molar-refractivity contribution in [1.82, 2.24) is 14.3 Å². The van der Waals surface area contributed by atoms with Crippen LogP contribution in [-0.4, -0.2) is 29.2 Å². The Morgan fingerprint density at radius 3 is 2.75 bits per heavy atom. The number of nitrogens with zero attached hydrogens (tertiary/aromatic N) is 3. The highest BCUT2D eigenvalue weighted by Crippen LogP contribution is 2.39. The number of thiophene rings is 1. The van der Waals surface area contributed by atoms with E-state index in [9.17, 15) is 17.2 Å². The highest BCUT2D eigenvalue weighted by molar-refractivity contribution is 7.89. The number of benzene rings is 2. The van der Waals surface area contributed by atoms with Crippen molar-refractivity contribution in [2.75, 3.05) is 11.9 Å². The van der Waals surface area contributed by atoms with E-state index < -0.39 is 26.6 Å². The molecule has 0 atom stereocenters. The van der Waals surface area contributed by atoms with Crippen molar-refractivity contribution in [1.29, 1.82) is 0 Å². The smallest absolute Gasteiger partial charge is 0.246 e. The molecule has 0 saturated heterocycles. The monoisotopic (exact) mass is 472 g/mol. The molecule has 2 aromatic heterocycles. The lowest BCUT2D eigenvalue weighted by Gasteiger charge is -2.26. The summed E-state index contributed by atoms with van der Waals surface area (Å²) in [5.74, 6) is -1.25. The molecule has 0 amide bonds. The predicted molar refractivity (Wildman–Crippen MR) is 120 cm³/mol. The summed E-state index contributed by atoms with van der Waals surface area (Å²) in [6, 6.07) is 10.4. The molecule has 0 spiro atoms. The number of rotatable bonds is 4. The third-order valence-electron chi connectivity index (χ3n) is 5.39. The van der Waals surface area contributed by atoms with E-state index in [-0.39, 0.29) is 13.1 Å². The van der Waals surface area contributed by atoms with Gasteiger partial charge in [-0.3, -0.25) is 0 Å². The number of aryl methyl sites for hydroxylation is 1. The number of nitrogens with one attached hydrogen (secondary N) is 1. The summed E-state index contributed by atoms with van der Waals surface area (Å²) in [5.41, 5.74) is 3.00. The molecule has 6 nitrogen and oxygen atoms in total. The van der Waals surface area contributed by atoms with Crippen LogP contribution in [-0.2, 0) is 23.0 Å². The molecule has 1 N–H and O–H groups in total. The van der Waals surface area contributed by atoms with Crippen molar-refractivity contribution in [3.8, 4) is 0 Å². The molecular formula is C22H18F2N4O2S2. The Hall–Kier alpha value is -2.95. The van der Waals surface area contributed by atoms with E-state index in [0.29, 0.717) is 18.3 Å². The first-order chi connectivity index (χ1) is 15.3. The molecule has 2 aromatic carbocycles. The van der Waals surface area contributed by atoms with Crippen molar-refractivity contribution in [2.24, 2.45) is 0 Å². The van der Waals surface area contributed by atoms with Crippen molar-refractivity contribution >= 4 is 43.1 Å². The second kappa shape index (κ2) is 7.88. The van der Waals surface area contributed by atoms with E-state index in [1.807, 2.05) is 31.2 Å². The molecule has 10 heteroatoms. The van der Waals surface area contributed by atoms with E-state index in [0.717, 1.165) is 44.0 Å². The lowest BCUT2D eigenvalue weighted by atomic mass is 10.1. The number of sulfonamides is 1. The molecule has 0 aliphatic carbocycles. The molecule has 1 aliphatic heterocycles. The van der Waals surface area contributed by atoms with E-state index in [2.05, 4.69) is 15.3 Å². The standard InChI is InChI=1S/C22H18F2N4O2S2/c1-13-3-2-4-15(9-13)27-21-20-16-7-8-28(11-18(16)31-22(20)26-12-25-21)32(29,30)19-6-5-14(23)10-17(19)24/h2-6,9-10,12H,7-8,11H2,1H3,(H,25,26,27). The number of fused-ring (bicyclic) bond motifs is 3. The van der Waals surface area contributed by atoms with E-state index >= 15 is 0 Å². The van der Waals surface area contributed by atoms with Gasteiger partial charge in [-0.2, -0.15) is 4.31 Å². The molecule has 0 fully saturated rings. The summed E-state index contributed by atoms with van der Waals surface area (Å²) >= 11 is 1.40. The van der Waals surface area contributed by atoms with Crippen molar-refractivity contribution < 1.29 is 17.2 Å². The zero-order valence-corrected chi connectivity index (χ0v) is 18.6. The summed E-state index contributed by atoms with van der Waals surface area (Å²) in [6.07, 6.45) is 1.91. The molecular weight excluding hydrogens is 454 g/mol. The maximum absolute atomic E-state index is 14.2. The molecule has 0 saturated carbocycles. The van der Waals surface area contributed by atoms with Crippen LogP contribution in [0.4, 0.5) is 20.3 Å². The van der Waals surface area contributed by atoms with Gasteiger partial charge in [0.15, 0.2) is 0 Å². The Kier molecular flexibility index (Phi) is 5.15. The summed E-state index contributed by atoms with van der Waals surface area (Å²) in [6.45, 7) is 2.28.